The molecule has 0 spiro atoms. The second-order valence-corrected chi connectivity index (χ2v) is 25.4. The van der Waals surface area contributed by atoms with Crippen molar-refractivity contribution >= 4 is 54.4 Å². The number of rotatable bonds is 16. The molecule has 6 aromatic rings. The first-order valence-corrected chi connectivity index (χ1v) is 27.0. The van der Waals surface area contributed by atoms with Gasteiger partial charge in [-0.1, -0.05) is 62.7 Å². The van der Waals surface area contributed by atoms with Crippen LogP contribution in [0.15, 0.2) is 72.9 Å². The van der Waals surface area contributed by atoms with Gasteiger partial charge in [0.15, 0.2) is 19.9 Å². The predicted molar refractivity (Wildman–Crippen MR) is 277 cm³/mol. The maximum absolute atomic E-state index is 18.1. The highest BCUT2D eigenvalue weighted by molar-refractivity contribution is 6.74. The standard InChI is InChI=1S/C53H62ClF4N7O7Si/c1-31-28-38(64(29-33-15-19-35(67-9)20-16-33)30-34-17-21-36(68-10)22-18-34)60-44(41(31)53(56,57)58)39-42(54)46-40-45(43(39)55)61-49(70-26-27-71-73(11,12)52(6,7)8)63-48(40)65(24-25-69-46)32(2)37-14-13-23-59-47(37)62-50(66)72-51(3,4)5/h13-23,28,32H,24-27,29-30H2,1-12H3,(H,59,62,66)/t32-/m1/s1. The number of aromatic nitrogens is 4. The summed E-state index contributed by atoms with van der Waals surface area (Å²) in [7, 11) is 0.868. The van der Waals surface area contributed by atoms with Gasteiger partial charge in [0.05, 0.1) is 60.6 Å². The number of anilines is 3. The van der Waals surface area contributed by atoms with Crippen LogP contribution in [0.5, 0.6) is 23.3 Å². The minimum Gasteiger partial charge on any atom is -0.497 e. The van der Waals surface area contributed by atoms with Gasteiger partial charge in [-0.25, -0.2) is 19.2 Å². The Kier molecular flexibility index (Phi) is 16.1. The number of nitrogens with zero attached hydrogens (tertiary/aromatic N) is 6. The molecule has 0 saturated heterocycles. The Morgan fingerprint density at radius 3 is 2.10 bits per heavy atom. The van der Waals surface area contributed by atoms with E-state index < -0.39 is 65.4 Å². The lowest BCUT2D eigenvalue weighted by atomic mass is 9.98. The number of alkyl halides is 3. The topological polar surface area (TPSA) is 143 Å². The molecule has 0 saturated carbocycles. The molecule has 3 aromatic heterocycles. The quantitative estimate of drug-likeness (QED) is 0.0559. The fourth-order valence-corrected chi connectivity index (χ4v) is 9.48. The maximum Gasteiger partial charge on any atom is 0.418 e. The van der Waals surface area contributed by atoms with Gasteiger partial charge in [0.1, 0.15) is 53.3 Å². The molecule has 0 radical (unpaired) electrons. The van der Waals surface area contributed by atoms with Crippen LogP contribution in [0.2, 0.25) is 23.2 Å². The third-order valence-electron chi connectivity index (χ3n) is 12.9. The van der Waals surface area contributed by atoms with E-state index in [9.17, 15) is 4.79 Å². The van der Waals surface area contributed by atoms with Gasteiger partial charge in [0.2, 0.25) is 0 Å². The number of halogens is 5. The Balaban J connectivity index is 1.42. The van der Waals surface area contributed by atoms with E-state index in [0.29, 0.717) is 17.1 Å². The highest BCUT2D eigenvalue weighted by Gasteiger charge is 2.41. The molecule has 73 heavy (non-hydrogen) atoms. The number of carbonyl (C=O) groups excluding carboxylic acids is 1. The van der Waals surface area contributed by atoms with Crippen LogP contribution in [-0.4, -0.2) is 80.5 Å². The van der Waals surface area contributed by atoms with Gasteiger partial charge in [0, 0.05) is 24.8 Å². The molecule has 3 aromatic carbocycles. The molecule has 14 nitrogen and oxygen atoms in total. The van der Waals surface area contributed by atoms with Crippen molar-refractivity contribution in [1.29, 1.82) is 0 Å². The van der Waals surface area contributed by atoms with E-state index >= 15 is 17.6 Å². The number of nitrogens with one attached hydrogen (secondary N) is 1. The third-order valence-corrected chi connectivity index (χ3v) is 17.8. The first-order valence-electron chi connectivity index (χ1n) is 23.7. The lowest BCUT2D eigenvalue weighted by Gasteiger charge is -2.36. The molecule has 0 bridgehead atoms. The third kappa shape index (κ3) is 12.3. The normalized spacial score (nSPS) is 13.5. The van der Waals surface area contributed by atoms with E-state index in [1.807, 2.05) is 31.2 Å². The monoisotopic (exact) mass is 1050 g/mol. The van der Waals surface area contributed by atoms with Crippen LogP contribution in [0, 0.1) is 12.7 Å². The molecule has 1 atom stereocenters. The summed E-state index contributed by atoms with van der Waals surface area (Å²) in [5, 5.41) is 2.14. The van der Waals surface area contributed by atoms with Gasteiger partial charge in [0.25, 0.3) is 0 Å². The SMILES string of the molecule is COc1ccc(CN(Cc2ccc(OC)cc2)c2cc(C)c(C(F)(F)F)c(-c3c(Cl)c4c5c(nc(OCCO[Si](C)(C)C(C)(C)C)nc5c3F)N([C@H](C)c3cccnc3NC(=O)OC(C)(C)C)CCO4)n2)cc1. The highest BCUT2D eigenvalue weighted by atomic mass is 35.5. The number of carbonyl (C=O) groups is 1. The molecule has 0 fully saturated rings. The van der Waals surface area contributed by atoms with Gasteiger partial charge in [-0.3, -0.25) is 5.32 Å². The smallest absolute Gasteiger partial charge is 0.418 e. The van der Waals surface area contributed by atoms with Crippen molar-refractivity contribution in [2.45, 2.75) is 104 Å². The molecule has 20 heteroatoms. The lowest BCUT2D eigenvalue weighted by Crippen LogP contribution is -2.41. The first-order chi connectivity index (χ1) is 34.3. The average Bonchev–Trinajstić information content (AvgIpc) is 3.51. The number of ether oxygens (including phenoxy) is 5. The zero-order valence-corrected chi connectivity index (χ0v) is 44.9. The molecule has 4 heterocycles. The number of aryl methyl sites for hydroxylation is 1. The molecule has 1 aliphatic rings. The fourth-order valence-electron chi connectivity index (χ4n) is 8.13. The van der Waals surface area contributed by atoms with Crippen LogP contribution in [0.25, 0.3) is 22.2 Å². The molecule has 0 unspecified atom stereocenters. The van der Waals surface area contributed by atoms with Gasteiger partial charge < -0.3 is 37.9 Å². The van der Waals surface area contributed by atoms with Crippen LogP contribution < -0.4 is 34.1 Å². The summed E-state index contributed by atoms with van der Waals surface area (Å²) in [5.74, 6) is 0.263. The molecule has 0 aliphatic carbocycles. The lowest BCUT2D eigenvalue weighted by molar-refractivity contribution is -0.137. The summed E-state index contributed by atoms with van der Waals surface area (Å²) in [6.45, 7) is 19.3. The van der Waals surface area contributed by atoms with Crippen molar-refractivity contribution in [3.63, 3.8) is 0 Å². The van der Waals surface area contributed by atoms with Crippen molar-refractivity contribution in [3.8, 4) is 34.5 Å². The zero-order valence-electron chi connectivity index (χ0n) is 43.2. The molecular weight excluding hydrogens is 986 g/mol. The molecule has 390 valence electrons. The summed E-state index contributed by atoms with van der Waals surface area (Å²) < 4.78 is 100. The van der Waals surface area contributed by atoms with Gasteiger partial charge in [-0.15, -0.1) is 0 Å². The van der Waals surface area contributed by atoms with E-state index in [2.05, 4.69) is 54.1 Å². The van der Waals surface area contributed by atoms with Crippen LogP contribution in [0.1, 0.15) is 82.3 Å². The number of hydrogen-bond acceptors (Lipinski definition) is 13. The van der Waals surface area contributed by atoms with Gasteiger partial charge >= 0.3 is 18.3 Å². The van der Waals surface area contributed by atoms with Gasteiger partial charge in [-0.2, -0.15) is 23.1 Å². The summed E-state index contributed by atoms with van der Waals surface area (Å²) in [4.78, 5) is 35.1. The number of hydrogen-bond donors (Lipinski definition) is 1. The van der Waals surface area contributed by atoms with Crippen molar-refractivity contribution in [3.05, 3.63) is 112 Å². The minimum absolute atomic E-state index is 0.0203. The van der Waals surface area contributed by atoms with Gasteiger partial charge in [-0.05, 0) is 106 Å². The van der Waals surface area contributed by atoms with E-state index in [0.717, 1.165) is 11.1 Å². The molecule has 1 aliphatic heterocycles. The number of amides is 1. The number of benzene rings is 3. The average molecular weight is 1050 g/mol. The second kappa shape index (κ2) is 21.6. The zero-order chi connectivity index (χ0) is 53.2. The summed E-state index contributed by atoms with van der Waals surface area (Å²) in [5.41, 5.74) is -1.99. The van der Waals surface area contributed by atoms with E-state index in [1.54, 1.807) is 81.2 Å². The summed E-state index contributed by atoms with van der Waals surface area (Å²) in [6, 6.07) is 18.3. The maximum atomic E-state index is 18.1. The van der Waals surface area contributed by atoms with Crippen molar-refractivity contribution in [1.82, 2.24) is 19.9 Å². The minimum atomic E-state index is -5.03. The Bertz CT molecular complexity index is 2900. The van der Waals surface area contributed by atoms with Crippen molar-refractivity contribution in [2.75, 3.05) is 55.7 Å². The Labute approximate surface area is 429 Å². The Morgan fingerprint density at radius 2 is 1.53 bits per heavy atom. The van der Waals surface area contributed by atoms with Crippen molar-refractivity contribution < 1.29 is 50.5 Å². The fraction of sp³-hybridized carbons (Fsp3) is 0.415. The van der Waals surface area contributed by atoms with E-state index in [1.165, 1.54) is 19.2 Å². The van der Waals surface area contributed by atoms with Crippen molar-refractivity contribution in [2.24, 2.45) is 0 Å². The predicted octanol–water partition coefficient (Wildman–Crippen LogP) is 13.1. The Hall–Kier alpha value is -6.44. The number of methoxy groups -OCH3 is 2. The molecule has 7 rings (SSSR count). The summed E-state index contributed by atoms with van der Waals surface area (Å²) in [6.07, 6.45) is -4.25. The number of pyridine rings is 2. The largest absolute Gasteiger partial charge is 0.497 e. The highest BCUT2D eigenvalue weighted by Crippen LogP contribution is 2.51. The first kappa shape index (κ1) is 54.3. The molecule has 1 N–H and O–H groups in total. The van der Waals surface area contributed by atoms with Crippen LogP contribution in [-0.2, 0) is 28.4 Å². The second-order valence-electron chi connectivity index (χ2n) is 20.2. The van der Waals surface area contributed by atoms with Crippen LogP contribution in [0.4, 0.5) is 39.8 Å². The molecular formula is C53H62ClF4N7O7Si. The van der Waals surface area contributed by atoms with E-state index in [-0.39, 0.29) is 84.7 Å². The summed E-state index contributed by atoms with van der Waals surface area (Å²) >= 11 is 7.23. The van der Waals surface area contributed by atoms with Crippen LogP contribution >= 0.6 is 11.6 Å². The molecule has 1 amide bonds. The van der Waals surface area contributed by atoms with Crippen LogP contribution in [0.3, 0.4) is 0 Å². The Morgan fingerprint density at radius 1 is 0.918 bits per heavy atom. The van der Waals surface area contributed by atoms with E-state index in [4.69, 9.17) is 44.7 Å².